The van der Waals surface area contributed by atoms with Crippen LogP contribution in [0.1, 0.15) is 0 Å². The zero-order valence-corrected chi connectivity index (χ0v) is 7.73. The molecule has 0 saturated carbocycles. The van der Waals surface area contributed by atoms with Gasteiger partial charge in [0.15, 0.2) is 0 Å². The summed E-state index contributed by atoms with van der Waals surface area (Å²) < 4.78 is 0. The van der Waals surface area contributed by atoms with Gasteiger partial charge in [0.25, 0.3) is 0 Å². The maximum Gasteiger partial charge on any atom is 0.0709 e. The molecule has 0 amide bonds. The summed E-state index contributed by atoms with van der Waals surface area (Å²) in [7, 11) is 0. The number of hydrogen-bond acceptors (Lipinski definition) is 4. The van der Waals surface area contributed by atoms with Crippen molar-refractivity contribution in [1.29, 1.82) is 0 Å². The van der Waals surface area contributed by atoms with Crippen molar-refractivity contribution < 1.29 is 0 Å². The Labute approximate surface area is 76.2 Å². The first-order valence-corrected chi connectivity index (χ1v) is 5.09. The third-order valence-electron chi connectivity index (χ3n) is 2.13. The zero-order chi connectivity index (χ0) is 8.39. The summed E-state index contributed by atoms with van der Waals surface area (Å²) in [6.45, 7) is 4.27. The number of piperazine rings is 1. The van der Waals surface area contributed by atoms with E-state index in [0.717, 1.165) is 31.9 Å². The van der Waals surface area contributed by atoms with Crippen LogP contribution in [0.3, 0.4) is 0 Å². The van der Waals surface area contributed by atoms with Crippen molar-refractivity contribution in [2.24, 2.45) is 0 Å². The molecule has 1 aliphatic heterocycles. The van der Waals surface area contributed by atoms with Crippen molar-refractivity contribution >= 4 is 22.7 Å². The highest BCUT2D eigenvalue weighted by Crippen LogP contribution is 2.27. The molecule has 12 heavy (non-hydrogen) atoms. The van der Waals surface area contributed by atoms with Gasteiger partial charge in [-0.3, -0.25) is 0 Å². The van der Waals surface area contributed by atoms with E-state index in [1.54, 1.807) is 11.3 Å². The minimum Gasteiger partial charge on any atom is -0.396 e. The first kappa shape index (κ1) is 7.89. The van der Waals surface area contributed by atoms with Crippen molar-refractivity contribution in [2.45, 2.75) is 0 Å². The highest BCUT2D eigenvalue weighted by Gasteiger charge is 2.12. The van der Waals surface area contributed by atoms with Crippen LogP contribution in [0.5, 0.6) is 0 Å². The summed E-state index contributed by atoms with van der Waals surface area (Å²) in [5, 5.41) is 7.44. The molecule has 0 unspecified atom stereocenters. The lowest BCUT2D eigenvalue weighted by Gasteiger charge is -2.28. The van der Waals surface area contributed by atoms with Crippen LogP contribution in [0.25, 0.3) is 0 Å². The van der Waals surface area contributed by atoms with E-state index in [1.807, 2.05) is 5.38 Å². The van der Waals surface area contributed by atoms with Crippen LogP contribution >= 0.6 is 11.3 Å². The van der Waals surface area contributed by atoms with E-state index in [4.69, 9.17) is 5.73 Å². The van der Waals surface area contributed by atoms with E-state index < -0.39 is 0 Å². The van der Waals surface area contributed by atoms with E-state index in [-0.39, 0.29) is 0 Å². The summed E-state index contributed by atoms with van der Waals surface area (Å²) in [6.07, 6.45) is 0. The Morgan fingerprint density at radius 3 is 2.67 bits per heavy atom. The predicted molar refractivity (Wildman–Crippen MR) is 53.8 cm³/mol. The summed E-state index contributed by atoms with van der Waals surface area (Å²) >= 11 is 1.67. The van der Waals surface area contributed by atoms with E-state index in [1.165, 1.54) is 5.69 Å². The fourth-order valence-electron chi connectivity index (χ4n) is 1.46. The molecule has 1 saturated heterocycles. The van der Waals surface area contributed by atoms with E-state index in [2.05, 4.69) is 15.6 Å². The van der Waals surface area contributed by atoms with Gasteiger partial charge in [-0.2, -0.15) is 0 Å². The van der Waals surface area contributed by atoms with Crippen LogP contribution < -0.4 is 16.0 Å². The average molecular weight is 183 g/mol. The van der Waals surface area contributed by atoms with Gasteiger partial charge in [0.2, 0.25) is 0 Å². The Hall–Kier alpha value is -0.740. The Morgan fingerprint density at radius 2 is 2.08 bits per heavy atom. The molecule has 1 fully saturated rings. The third kappa shape index (κ3) is 1.40. The van der Waals surface area contributed by atoms with Crippen LogP contribution in [-0.2, 0) is 0 Å². The van der Waals surface area contributed by atoms with Gasteiger partial charge in [-0.25, -0.2) is 0 Å². The number of nitrogens with two attached hydrogens (primary N) is 1. The summed E-state index contributed by atoms with van der Waals surface area (Å²) in [4.78, 5) is 2.34. The molecular formula is C8H13N3S. The van der Waals surface area contributed by atoms with Crippen molar-refractivity contribution in [3.8, 4) is 0 Å². The Kier molecular flexibility index (Phi) is 2.19. The fourth-order valence-corrected chi connectivity index (χ4v) is 2.21. The maximum absolute atomic E-state index is 5.82. The number of nitrogens with one attached hydrogen (secondary N) is 1. The molecule has 1 aromatic rings. The van der Waals surface area contributed by atoms with Crippen LogP contribution in [0.4, 0.5) is 11.4 Å². The molecule has 1 aliphatic rings. The summed E-state index contributed by atoms with van der Waals surface area (Å²) in [5.74, 6) is 0. The molecule has 0 bridgehead atoms. The Bertz CT molecular complexity index is 253. The number of hydrogen-bond donors (Lipinski definition) is 2. The number of anilines is 2. The SMILES string of the molecule is Nc1cscc1N1CCNCC1. The molecule has 4 heteroatoms. The van der Waals surface area contributed by atoms with Gasteiger partial charge >= 0.3 is 0 Å². The molecular weight excluding hydrogens is 170 g/mol. The molecule has 0 atom stereocenters. The molecule has 1 aromatic heterocycles. The van der Waals surface area contributed by atoms with Crippen LogP contribution in [0, 0.1) is 0 Å². The molecule has 0 radical (unpaired) electrons. The van der Waals surface area contributed by atoms with Crippen molar-refractivity contribution in [3.63, 3.8) is 0 Å². The first-order chi connectivity index (χ1) is 5.88. The number of thiophene rings is 1. The van der Waals surface area contributed by atoms with E-state index >= 15 is 0 Å². The summed E-state index contributed by atoms with van der Waals surface area (Å²) in [5.41, 5.74) is 7.95. The minimum atomic E-state index is 0.918. The minimum absolute atomic E-state index is 0.918. The van der Waals surface area contributed by atoms with E-state index in [9.17, 15) is 0 Å². The monoisotopic (exact) mass is 183 g/mol. The molecule has 3 nitrogen and oxygen atoms in total. The maximum atomic E-state index is 5.82. The van der Waals surface area contributed by atoms with Crippen molar-refractivity contribution in [1.82, 2.24) is 5.32 Å². The number of nitrogens with zero attached hydrogens (tertiary/aromatic N) is 1. The fraction of sp³-hybridized carbons (Fsp3) is 0.500. The van der Waals surface area contributed by atoms with Crippen LogP contribution in [0.15, 0.2) is 10.8 Å². The molecule has 0 aliphatic carbocycles. The number of rotatable bonds is 1. The quantitative estimate of drug-likeness (QED) is 0.674. The van der Waals surface area contributed by atoms with Crippen molar-refractivity contribution in [2.75, 3.05) is 36.8 Å². The smallest absolute Gasteiger partial charge is 0.0709 e. The summed E-state index contributed by atoms with van der Waals surface area (Å²) in [6, 6.07) is 0. The van der Waals surface area contributed by atoms with Gasteiger partial charge in [0.1, 0.15) is 0 Å². The highest BCUT2D eigenvalue weighted by molar-refractivity contribution is 7.08. The van der Waals surface area contributed by atoms with Gasteiger partial charge in [0.05, 0.1) is 11.4 Å². The topological polar surface area (TPSA) is 41.3 Å². The lowest BCUT2D eigenvalue weighted by atomic mass is 10.3. The first-order valence-electron chi connectivity index (χ1n) is 4.15. The van der Waals surface area contributed by atoms with Crippen molar-refractivity contribution in [3.05, 3.63) is 10.8 Å². The largest absolute Gasteiger partial charge is 0.396 e. The van der Waals surface area contributed by atoms with E-state index in [0.29, 0.717) is 0 Å². The standard InChI is InChI=1S/C8H13N3S/c9-7-5-12-6-8(7)11-3-1-10-2-4-11/h5-6,10H,1-4,9H2. The molecule has 0 spiro atoms. The highest BCUT2D eigenvalue weighted by atomic mass is 32.1. The molecule has 0 aromatic carbocycles. The number of nitrogen functional groups attached to an aromatic ring is 1. The van der Waals surface area contributed by atoms with Crippen LogP contribution in [0.2, 0.25) is 0 Å². The van der Waals surface area contributed by atoms with Gasteiger partial charge in [-0.1, -0.05) is 0 Å². The Morgan fingerprint density at radius 1 is 1.33 bits per heavy atom. The van der Waals surface area contributed by atoms with Gasteiger partial charge in [0, 0.05) is 36.9 Å². The lowest BCUT2D eigenvalue weighted by molar-refractivity contribution is 0.590. The van der Waals surface area contributed by atoms with Gasteiger partial charge in [-0.05, 0) is 0 Å². The van der Waals surface area contributed by atoms with Gasteiger partial charge < -0.3 is 16.0 Å². The molecule has 2 rings (SSSR count). The normalized spacial score (nSPS) is 18.2. The molecule has 2 heterocycles. The van der Waals surface area contributed by atoms with Crippen LogP contribution in [-0.4, -0.2) is 26.2 Å². The third-order valence-corrected chi connectivity index (χ3v) is 2.88. The molecule has 3 N–H and O–H groups in total. The predicted octanol–water partition coefficient (Wildman–Crippen LogP) is 0.740. The average Bonchev–Trinajstić information content (AvgIpc) is 2.53. The second-order valence-corrected chi connectivity index (χ2v) is 3.69. The lowest BCUT2D eigenvalue weighted by Crippen LogP contribution is -2.43. The Balaban J connectivity index is 2.13. The second-order valence-electron chi connectivity index (χ2n) is 2.95. The molecule has 66 valence electrons. The zero-order valence-electron chi connectivity index (χ0n) is 6.92. The van der Waals surface area contributed by atoms with Gasteiger partial charge in [-0.15, -0.1) is 11.3 Å². The second kappa shape index (κ2) is 3.33.